The number of methoxy groups -OCH3 is 1. The van der Waals surface area contributed by atoms with Crippen molar-refractivity contribution in [3.8, 4) is 0 Å². The van der Waals surface area contributed by atoms with Crippen LogP contribution in [0.4, 0.5) is 0 Å². The second-order valence-electron chi connectivity index (χ2n) is 2.26. The molecule has 0 aliphatic heterocycles. The third kappa shape index (κ3) is 5.82. The Morgan fingerprint density at radius 1 is 1.64 bits per heavy atom. The van der Waals surface area contributed by atoms with Gasteiger partial charge in [-0.2, -0.15) is 0 Å². The number of rotatable bonds is 5. The van der Waals surface area contributed by atoms with Crippen molar-refractivity contribution < 1.29 is 14.3 Å². The highest BCUT2D eigenvalue weighted by atomic mass is 16.6. The van der Waals surface area contributed by atoms with Gasteiger partial charge in [0.15, 0.2) is 0 Å². The van der Waals surface area contributed by atoms with E-state index < -0.39 is 0 Å². The van der Waals surface area contributed by atoms with Crippen molar-refractivity contribution in [3.05, 3.63) is 0 Å². The highest BCUT2D eigenvalue weighted by Crippen LogP contribution is 1.88. The largest absolute Gasteiger partial charge is 0.467 e. The lowest BCUT2D eigenvalue weighted by Gasteiger charge is -2.10. The molecule has 0 saturated carbocycles. The molecule has 0 fully saturated rings. The fourth-order valence-electron chi connectivity index (χ4n) is 0.616. The van der Waals surface area contributed by atoms with E-state index >= 15 is 0 Å². The van der Waals surface area contributed by atoms with E-state index in [1.807, 2.05) is 14.0 Å². The maximum atomic E-state index is 10.6. The van der Waals surface area contributed by atoms with Crippen LogP contribution in [0.2, 0.25) is 0 Å². The highest BCUT2D eigenvalue weighted by molar-refractivity contribution is 5.70. The first-order chi connectivity index (χ1) is 5.20. The maximum absolute atomic E-state index is 10.6. The summed E-state index contributed by atoms with van der Waals surface area (Å²) in [5.74, 6) is -0.340. The lowest BCUT2D eigenvalue weighted by atomic mass is 10.4. The van der Waals surface area contributed by atoms with Crippen LogP contribution in [-0.2, 0) is 14.3 Å². The summed E-state index contributed by atoms with van der Waals surface area (Å²) in [5.41, 5.74) is 0. The van der Waals surface area contributed by atoms with Crippen molar-refractivity contribution in [2.45, 2.75) is 13.0 Å². The SMILES string of the molecule is CNCC(C)OCC(=O)OC. The molecule has 0 aromatic rings. The van der Waals surface area contributed by atoms with Gasteiger partial charge in [0.1, 0.15) is 6.61 Å². The lowest BCUT2D eigenvalue weighted by molar-refractivity contribution is -0.147. The van der Waals surface area contributed by atoms with Gasteiger partial charge in [-0.15, -0.1) is 0 Å². The van der Waals surface area contributed by atoms with Gasteiger partial charge in [0.25, 0.3) is 0 Å². The molecule has 0 bridgehead atoms. The van der Waals surface area contributed by atoms with E-state index in [9.17, 15) is 4.79 Å². The van der Waals surface area contributed by atoms with E-state index in [1.54, 1.807) is 0 Å². The van der Waals surface area contributed by atoms with Crippen LogP contribution in [0.25, 0.3) is 0 Å². The minimum Gasteiger partial charge on any atom is -0.467 e. The summed E-state index contributed by atoms with van der Waals surface area (Å²) in [5, 5.41) is 2.93. The maximum Gasteiger partial charge on any atom is 0.331 e. The van der Waals surface area contributed by atoms with Gasteiger partial charge in [-0.05, 0) is 14.0 Å². The van der Waals surface area contributed by atoms with Crippen molar-refractivity contribution in [2.24, 2.45) is 0 Å². The summed E-state index contributed by atoms with van der Waals surface area (Å²) < 4.78 is 9.49. The van der Waals surface area contributed by atoms with Crippen molar-refractivity contribution in [2.75, 3.05) is 27.3 Å². The number of carbonyl (C=O) groups excluding carboxylic acids is 1. The van der Waals surface area contributed by atoms with E-state index in [0.29, 0.717) is 0 Å². The summed E-state index contributed by atoms with van der Waals surface area (Å²) in [6.07, 6.45) is 0.0408. The van der Waals surface area contributed by atoms with Crippen molar-refractivity contribution >= 4 is 5.97 Å². The second kappa shape index (κ2) is 6.12. The summed E-state index contributed by atoms with van der Waals surface area (Å²) in [6, 6.07) is 0. The Morgan fingerprint density at radius 2 is 2.27 bits per heavy atom. The Bertz CT molecular complexity index is 116. The first-order valence-electron chi connectivity index (χ1n) is 3.53. The third-order valence-electron chi connectivity index (χ3n) is 1.20. The number of hydrogen-bond donors (Lipinski definition) is 1. The zero-order valence-electron chi connectivity index (χ0n) is 7.22. The zero-order valence-corrected chi connectivity index (χ0v) is 7.22. The van der Waals surface area contributed by atoms with Crippen LogP contribution in [0.1, 0.15) is 6.92 Å². The van der Waals surface area contributed by atoms with Gasteiger partial charge >= 0.3 is 5.97 Å². The van der Waals surface area contributed by atoms with E-state index in [4.69, 9.17) is 4.74 Å². The van der Waals surface area contributed by atoms with Gasteiger partial charge in [0, 0.05) is 6.54 Å². The van der Waals surface area contributed by atoms with Crippen molar-refractivity contribution in [1.82, 2.24) is 5.32 Å². The van der Waals surface area contributed by atoms with Gasteiger partial charge in [0.05, 0.1) is 13.2 Å². The van der Waals surface area contributed by atoms with Gasteiger partial charge in [-0.1, -0.05) is 0 Å². The number of carbonyl (C=O) groups is 1. The molecule has 0 radical (unpaired) electrons. The Kier molecular flexibility index (Phi) is 5.78. The molecule has 0 spiro atoms. The van der Waals surface area contributed by atoms with Gasteiger partial charge < -0.3 is 14.8 Å². The molecule has 0 aromatic carbocycles. The van der Waals surface area contributed by atoms with Gasteiger partial charge in [0.2, 0.25) is 0 Å². The molecular weight excluding hydrogens is 146 g/mol. The third-order valence-corrected chi connectivity index (χ3v) is 1.20. The molecule has 0 saturated heterocycles. The molecule has 4 heteroatoms. The van der Waals surface area contributed by atoms with Crippen LogP contribution >= 0.6 is 0 Å². The van der Waals surface area contributed by atoms with Crippen molar-refractivity contribution in [1.29, 1.82) is 0 Å². The van der Waals surface area contributed by atoms with E-state index in [-0.39, 0.29) is 18.7 Å². The molecule has 0 heterocycles. The lowest BCUT2D eigenvalue weighted by Crippen LogP contribution is -2.26. The topological polar surface area (TPSA) is 47.6 Å². The fraction of sp³-hybridized carbons (Fsp3) is 0.857. The molecule has 1 unspecified atom stereocenters. The van der Waals surface area contributed by atoms with E-state index in [1.165, 1.54) is 7.11 Å². The van der Waals surface area contributed by atoms with Crippen LogP contribution in [0.5, 0.6) is 0 Å². The van der Waals surface area contributed by atoms with E-state index in [2.05, 4.69) is 10.1 Å². The molecule has 11 heavy (non-hydrogen) atoms. The average Bonchev–Trinajstić information content (AvgIpc) is 2.01. The van der Waals surface area contributed by atoms with Crippen LogP contribution < -0.4 is 5.32 Å². The van der Waals surface area contributed by atoms with Crippen LogP contribution in [0.3, 0.4) is 0 Å². The van der Waals surface area contributed by atoms with Gasteiger partial charge in [-0.25, -0.2) is 4.79 Å². The van der Waals surface area contributed by atoms with Gasteiger partial charge in [-0.3, -0.25) is 0 Å². The quantitative estimate of drug-likeness (QED) is 0.566. The molecule has 0 amide bonds. The monoisotopic (exact) mass is 161 g/mol. The zero-order chi connectivity index (χ0) is 8.69. The highest BCUT2D eigenvalue weighted by Gasteiger charge is 2.04. The summed E-state index contributed by atoms with van der Waals surface area (Å²) in [7, 11) is 3.17. The Labute approximate surface area is 66.9 Å². The molecule has 1 atom stereocenters. The van der Waals surface area contributed by atoms with Crippen LogP contribution in [0, 0.1) is 0 Å². The Balaban J connectivity index is 3.29. The number of esters is 1. The molecule has 0 aliphatic rings. The second-order valence-corrected chi connectivity index (χ2v) is 2.26. The minimum atomic E-state index is -0.340. The smallest absolute Gasteiger partial charge is 0.331 e. The normalized spacial score (nSPS) is 12.6. The number of ether oxygens (including phenoxy) is 2. The molecule has 0 rings (SSSR count). The molecule has 4 nitrogen and oxygen atoms in total. The fourth-order valence-corrected chi connectivity index (χ4v) is 0.616. The number of nitrogens with one attached hydrogen (secondary N) is 1. The minimum absolute atomic E-state index is 0.0271. The van der Waals surface area contributed by atoms with Crippen LogP contribution in [-0.4, -0.2) is 39.4 Å². The molecular formula is C7H15NO3. The summed E-state index contributed by atoms with van der Waals surface area (Å²) in [6.45, 7) is 2.65. The summed E-state index contributed by atoms with van der Waals surface area (Å²) in [4.78, 5) is 10.6. The predicted molar refractivity (Wildman–Crippen MR) is 41.4 cm³/mol. The van der Waals surface area contributed by atoms with Crippen LogP contribution in [0.15, 0.2) is 0 Å². The molecule has 1 N–H and O–H groups in total. The number of likely N-dealkylation sites (N-methyl/N-ethyl adjacent to an activating group) is 1. The average molecular weight is 161 g/mol. The Hall–Kier alpha value is -0.610. The molecule has 0 aromatic heterocycles. The Morgan fingerprint density at radius 3 is 2.73 bits per heavy atom. The first kappa shape index (κ1) is 10.4. The predicted octanol–water partition coefficient (Wildman–Crippen LogP) is -0.216. The standard InChI is InChI=1S/C7H15NO3/c1-6(4-8-2)11-5-7(9)10-3/h6,8H,4-5H2,1-3H3. The van der Waals surface area contributed by atoms with Crippen molar-refractivity contribution in [3.63, 3.8) is 0 Å². The first-order valence-corrected chi connectivity index (χ1v) is 3.53. The van der Waals surface area contributed by atoms with E-state index in [0.717, 1.165) is 6.54 Å². The number of hydrogen-bond acceptors (Lipinski definition) is 4. The summed E-state index contributed by atoms with van der Waals surface area (Å²) >= 11 is 0. The molecule has 0 aliphatic carbocycles. The molecule has 66 valence electrons.